The van der Waals surface area contributed by atoms with E-state index in [4.69, 9.17) is 4.74 Å². The Morgan fingerprint density at radius 2 is 2.13 bits per heavy atom. The number of fused-ring (bicyclic) bond motifs is 2. The van der Waals surface area contributed by atoms with Crippen LogP contribution in [-0.4, -0.2) is 42.8 Å². The first-order valence-corrected chi connectivity index (χ1v) is 10.6. The fourth-order valence-electron chi connectivity index (χ4n) is 4.33. The summed E-state index contributed by atoms with van der Waals surface area (Å²) in [6.07, 6.45) is 2.91. The molecule has 1 fully saturated rings. The fraction of sp³-hybridized carbons (Fsp3) is 0.381. The van der Waals surface area contributed by atoms with E-state index in [2.05, 4.69) is 20.6 Å². The Bertz CT molecular complexity index is 1160. The van der Waals surface area contributed by atoms with Crippen LogP contribution in [0.15, 0.2) is 41.9 Å². The number of nitrogens with zero attached hydrogens (tertiary/aromatic N) is 4. The Balaban J connectivity index is 1.33. The number of aromatic hydroxyl groups is 1. The van der Waals surface area contributed by atoms with Crippen molar-refractivity contribution in [3.05, 3.63) is 47.6 Å². The highest BCUT2D eigenvalue weighted by molar-refractivity contribution is 7.16. The number of benzene rings is 1. The Kier molecular flexibility index (Phi) is 4.41. The number of rotatable bonds is 4. The molecule has 2 aliphatic heterocycles. The average molecular weight is 428 g/mol. The average Bonchev–Trinajstić information content (AvgIpc) is 3.38. The molecule has 2 N–H and O–H groups in total. The van der Waals surface area contributed by atoms with E-state index in [-0.39, 0.29) is 23.7 Å². The highest BCUT2D eigenvalue weighted by atomic mass is 32.1. The van der Waals surface area contributed by atoms with Crippen LogP contribution in [0.1, 0.15) is 32.4 Å². The number of aryl methyl sites for hydroxylation is 1. The molecule has 3 aromatic rings. The molecule has 3 unspecified atom stereocenters. The van der Waals surface area contributed by atoms with Crippen molar-refractivity contribution in [1.29, 1.82) is 0 Å². The minimum Gasteiger partial charge on any atom is -0.507 e. The second-order valence-electron chi connectivity index (χ2n) is 8.18. The lowest BCUT2D eigenvalue weighted by molar-refractivity contribution is 0.105. The van der Waals surface area contributed by atoms with Crippen molar-refractivity contribution in [1.82, 2.24) is 25.3 Å². The zero-order valence-corrected chi connectivity index (χ0v) is 17.7. The summed E-state index contributed by atoms with van der Waals surface area (Å²) in [6, 6.07) is 7.19. The van der Waals surface area contributed by atoms with Gasteiger partial charge in [-0.1, -0.05) is 16.4 Å². The van der Waals surface area contributed by atoms with Crippen molar-refractivity contribution in [3.63, 3.8) is 0 Å². The number of halogens is 1. The van der Waals surface area contributed by atoms with Gasteiger partial charge >= 0.3 is 0 Å². The van der Waals surface area contributed by atoms with E-state index in [0.29, 0.717) is 28.6 Å². The van der Waals surface area contributed by atoms with Crippen molar-refractivity contribution in [2.45, 2.75) is 51.3 Å². The highest BCUT2D eigenvalue weighted by Gasteiger charge is 2.48. The van der Waals surface area contributed by atoms with Crippen molar-refractivity contribution in [2.75, 3.05) is 0 Å². The third kappa shape index (κ3) is 3.18. The molecular formula is C21H22FN5O2S. The Labute approximate surface area is 177 Å². The van der Waals surface area contributed by atoms with Gasteiger partial charge in [-0.15, -0.1) is 5.10 Å². The number of ether oxygens (including phenoxy) is 1. The van der Waals surface area contributed by atoms with E-state index in [0.717, 1.165) is 17.0 Å². The molecule has 30 heavy (non-hydrogen) atoms. The van der Waals surface area contributed by atoms with Gasteiger partial charge in [-0.3, -0.25) is 5.32 Å². The van der Waals surface area contributed by atoms with Gasteiger partial charge in [-0.2, -0.15) is 5.10 Å². The Hall–Kier alpha value is -2.78. The van der Waals surface area contributed by atoms with Gasteiger partial charge in [0.15, 0.2) is 5.01 Å². The van der Waals surface area contributed by atoms with E-state index >= 15 is 0 Å². The van der Waals surface area contributed by atoms with Crippen LogP contribution in [0, 0.1) is 6.92 Å². The van der Waals surface area contributed by atoms with Crippen molar-refractivity contribution >= 4 is 11.3 Å². The molecule has 1 aromatic carbocycles. The van der Waals surface area contributed by atoms with Crippen LogP contribution in [0.2, 0.25) is 0 Å². The van der Waals surface area contributed by atoms with Gasteiger partial charge in [0, 0.05) is 31.1 Å². The first-order chi connectivity index (χ1) is 14.3. The van der Waals surface area contributed by atoms with Crippen molar-refractivity contribution in [2.24, 2.45) is 0 Å². The molecule has 0 saturated carbocycles. The van der Waals surface area contributed by atoms with Crippen molar-refractivity contribution in [3.8, 4) is 27.2 Å². The predicted octanol–water partition coefficient (Wildman–Crippen LogP) is 3.92. The van der Waals surface area contributed by atoms with Gasteiger partial charge < -0.3 is 9.84 Å². The summed E-state index contributed by atoms with van der Waals surface area (Å²) in [5.74, 6) is 0.0200. The second-order valence-corrected chi connectivity index (χ2v) is 9.12. The first-order valence-electron chi connectivity index (χ1n) is 9.83. The summed E-state index contributed by atoms with van der Waals surface area (Å²) in [7, 11) is 0. The fourth-order valence-corrected chi connectivity index (χ4v) is 5.13. The summed E-state index contributed by atoms with van der Waals surface area (Å²) in [5, 5.41) is 27.5. The van der Waals surface area contributed by atoms with Crippen LogP contribution in [-0.2, 0) is 0 Å². The molecule has 2 aromatic heterocycles. The summed E-state index contributed by atoms with van der Waals surface area (Å²) in [5.41, 5.74) is 2.32. The molecule has 2 aliphatic rings. The smallest absolute Gasteiger partial charge is 0.294 e. The number of nitrogens with one attached hydrogen (secondary N) is 1. The minimum absolute atomic E-state index is 0.0105. The van der Waals surface area contributed by atoms with E-state index in [1.54, 1.807) is 16.8 Å². The molecule has 0 amide bonds. The third-order valence-electron chi connectivity index (χ3n) is 5.85. The lowest BCUT2D eigenvalue weighted by atomic mass is 9.90. The van der Waals surface area contributed by atoms with Gasteiger partial charge in [0.2, 0.25) is 0 Å². The monoisotopic (exact) mass is 427 g/mol. The van der Waals surface area contributed by atoms with Crippen LogP contribution < -0.4 is 10.1 Å². The molecule has 0 radical (unpaired) electrons. The Morgan fingerprint density at radius 3 is 2.83 bits per heavy atom. The summed E-state index contributed by atoms with van der Waals surface area (Å²) in [6.45, 7) is 5.61. The summed E-state index contributed by atoms with van der Waals surface area (Å²) >= 11 is 1.27. The zero-order valence-electron chi connectivity index (χ0n) is 16.9. The maximum Gasteiger partial charge on any atom is 0.294 e. The van der Waals surface area contributed by atoms with Gasteiger partial charge in [0.05, 0.1) is 22.5 Å². The normalized spacial score (nSPS) is 25.7. The molecule has 2 bridgehead atoms. The summed E-state index contributed by atoms with van der Waals surface area (Å²) < 4.78 is 22.3. The van der Waals surface area contributed by atoms with Gasteiger partial charge in [0.25, 0.3) is 5.19 Å². The number of hydrogen-bond acceptors (Lipinski definition) is 7. The molecule has 156 valence electrons. The van der Waals surface area contributed by atoms with Crippen LogP contribution in [0.4, 0.5) is 4.39 Å². The molecule has 9 heteroatoms. The molecule has 0 spiro atoms. The topological polar surface area (TPSA) is 85.1 Å². The van der Waals surface area contributed by atoms with E-state index in [1.165, 1.54) is 11.3 Å². The van der Waals surface area contributed by atoms with Crippen LogP contribution in [0.3, 0.4) is 0 Å². The largest absolute Gasteiger partial charge is 0.507 e. The maximum atomic E-state index is 14.5. The molecule has 3 atom stereocenters. The summed E-state index contributed by atoms with van der Waals surface area (Å²) in [4.78, 5) is 0. The number of piperidine rings is 1. The second kappa shape index (κ2) is 6.88. The standard InChI is InChI=1S/C21H22FN5O2S/c1-11-6-7-27(26-11)13-4-5-15(17(28)8-13)19-24-25-20(30-19)29-14-9-16-12(2)18(22)21(3,10-14)23-16/h4-8,14,16,23,28H,9-10H2,1-3H3. The van der Waals surface area contributed by atoms with Crippen LogP contribution in [0.25, 0.3) is 16.3 Å². The lowest BCUT2D eigenvalue weighted by Crippen LogP contribution is -2.52. The first kappa shape index (κ1) is 19.2. The van der Waals surface area contributed by atoms with Crippen LogP contribution in [0.5, 0.6) is 10.9 Å². The minimum atomic E-state index is -0.676. The molecule has 4 heterocycles. The molecular weight excluding hydrogens is 405 g/mol. The highest BCUT2D eigenvalue weighted by Crippen LogP contribution is 2.42. The van der Waals surface area contributed by atoms with Crippen molar-refractivity contribution < 1.29 is 14.2 Å². The Morgan fingerprint density at radius 1 is 1.30 bits per heavy atom. The third-order valence-corrected chi connectivity index (χ3v) is 6.70. The van der Waals surface area contributed by atoms with Gasteiger partial charge in [-0.05, 0) is 44.5 Å². The maximum absolute atomic E-state index is 14.5. The van der Waals surface area contributed by atoms with Gasteiger partial charge in [0.1, 0.15) is 17.7 Å². The van der Waals surface area contributed by atoms with E-state index in [9.17, 15) is 9.50 Å². The SMILES string of the molecule is CC1=C(F)C2(C)CC(Oc3nnc(-c4ccc(-n5ccc(C)n5)cc4O)s3)CC1N2. The molecule has 7 nitrogen and oxygen atoms in total. The molecule has 0 aliphatic carbocycles. The lowest BCUT2D eigenvalue weighted by Gasteiger charge is -2.36. The number of phenolic OH excluding ortho intramolecular Hbond substituents is 1. The number of aromatic nitrogens is 4. The van der Waals surface area contributed by atoms with E-state index in [1.807, 2.05) is 39.1 Å². The van der Waals surface area contributed by atoms with E-state index < -0.39 is 5.54 Å². The number of phenols is 1. The number of hydrogen-bond donors (Lipinski definition) is 2. The quantitative estimate of drug-likeness (QED) is 0.657. The predicted molar refractivity (Wildman–Crippen MR) is 112 cm³/mol. The molecule has 1 saturated heterocycles. The van der Waals surface area contributed by atoms with Crippen LogP contribution >= 0.6 is 11.3 Å². The zero-order chi connectivity index (χ0) is 21.0. The molecule has 5 rings (SSSR count). The van der Waals surface area contributed by atoms with Gasteiger partial charge in [-0.25, -0.2) is 9.07 Å².